The zero-order chi connectivity index (χ0) is 23.1. The molecule has 176 valence electrons. The molecule has 1 aromatic rings. The maximum absolute atomic E-state index is 12.9. The van der Waals surface area contributed by atoms with Crippen LogP contribution in [0.3, 0.4) is 0 Å². The van der Waals surface area contributed by atoms with Crippen molar-refractivity contribution in [3.63, 3.8) is 0 Å². The highest BCUT2D eigenvalue weighted by atomic mass is 16.9. The molecule has 0 spiro atoms. The van der Waals surface area contributed by atoms with E-state index in [1.54, 1.807) is 59.1 Å². The number of benzene rings is 1. The van der Waals surface area contributed by atoms with Gasteiger partial charge in [-0.05, 0) is 52.0 Å². The Hall–Kier alpha value is -2.24. The lowest BCUT2D eigenvalue weighted by Crippen LogP contribution is -2.59. The minimum Gasteiger partial charge on any atom is -0.497 e. The molecule has 4 rings (SSSR count). The van der Waals surface area contributed by atoms with Gasteiger partial charge in [-0.2, -0.15) is 0 Å². The highest BCUT2D eigenvalue weighted by molar-refractivity contribution is 5.91. The van der Waals surface area contributed by atoms with Crippen LogP contribution in [0.1, 0.15) is 34.1 Å². The lowest BCUT2D eigenvalue weighted by atomic mass is 9.98. The number of methoxy groups -OCH3 is 1. The second-order valence-corrected chi connectivity index (χ2v) is 8.91. The lowest BCUT2D eigenvalue weighted by Gasteiger charge is -2.36. The van der Waals surface area contributed by atoms with Crippen molar-refractivity contribution in [2.24, 2.45) is 0 Å². The van der Waals surface area contributed by atoms with Crippen LogP contribution in [0.4, 0.5) is 5.69 Å². The fourth-order valence-electron chi connectivity index (χ4n) is 4.12. The SMILES string of the molecule is COc1ccc(NC(=O)CCNC(=O)[C@H]2O[C@H]3OC(C)(C)O[C@@H]3[C@@H]3OC(C)(C)O[C@H]32)cc1. The first kappa shape index (κ1) is 22.9. The second-order valence-electron chi connectivity index (χ2n) is 8.91. The molecule has 0 saturated carbocycles. The van der Waals surface area contributed by atoms with Crippen molar-refractivity contribution in [1.82, 2.24) is 5.32 Å². The number of hydrogen-bond donors (Lipinski definition) is 2. The molecule has 0 radical (unpaired) electrons. The highest BCUT2D eigenvalue weighted by Crippen LogP contribution is 2.44. The van der Waals surface area contributed by atoms with Gasteiger partial charge in [0, 0.05) is 18.7 Å². The van der Waals surface area contributed by atoms with Gasteiger partial charge in [-0.25, -0.2) is 0 Å². The molecule has 0 unspecified atom stereocenters. The van der Waals surface area contributed by atoms with E-state index in [4.69, 9.17) is 28.4 Å². The molecule has 2 amide bonds. The standard InChI is InChI=1S/C22H30N2O8/c1-21(2)29-15-16(30-21)18-20(32-22(3,4)31-18)28-17(15)19(26)23-11-10-14(25)24-12-6-8-13(27-5)9-7-12/h6-9,15-18,20H,10-11H2,1-5H3,(H,23,26)(H,24,25)/t15-,16-,17+,18-,20+/m1/s1. The van der Waals surface area contributed by atoms with Gasteiger partial charge in [0.25, 0.3) is 5.91 Å². The maximum Gasteiger partial charge on any atom is 0.252 e. The normalized spacial score (nSPS) is 32.0. The van der Waals surface area contributed by atoms with Crippen LogP contribution in [-0.2, 0) is 33.3 Å². The van der Waals surface area contributed by atoms with Crippen LogP contribution in [-0.4, -0.2) is 67.7 Å². The molecule has 0 aromatic heterocycles. The number of hydrogen-bond acceptors (Lipinski definition) is 8. The summed E-state index contributed by atoms with van der Waals surface area (Å²) < 4.78 is 34.7. The summed E-state index contributed by atoms with van der Waals surface area (Å²) in [4.78, 5) is 25.1. The minimum atomic E-state index is -0.954. The molecule has 10 nitrogen and oxygen atoms in total. The Balaban J connectivity index is 1.32. The summed E-state index contributed by atoms with van der Waals surface area (Å²) in [5, 5.41) is 5.53. The van der Waals surface area contributed by atoms with Crippen molar-refractivity contribution in [3.8, 4) is 5.75 Å². The number of ether oxygens (including phenoxy) is 6. The van der Waals surface area contributed by atoms with E-state index in [-0.39, 0.29) is 18.9 Å². The summed E-state index contributed by atoms with van der Waals surface area (Å²) in [6, 6.07) is 6.99. The van der Waals surface area contributed by atoms with Crippen LogP contribution in [0, 0.1) is 0 Å². The Kier molecular flexibility index (Phi) is 6.17. The van der Waals surface area contributed by atoms with Gasteiger partial charge in [0.1, 0.15) is 24.1 Å². The van der Waals surface area contributed by atoms with E-state index >= 15 is 0 Å². The molecule has 1 aromatic carbocycles. The zero-order valence-electron chi connectivity index (χ0n) is 18.9. The second kappa shape index (κ2) is 8.60. The number of anilines is 1. The number of rotatable bonds is 6. The van der Waals surface area contributed by atoms with Gasteiger partial charge in [-0.3, -0.25) is 9.59 Å². The molecule has 3 heterocycles. The minimum absolute atomic E-state index is 0.0974. The van der Waals surface area contributed by atoms with Crippen molar-refractivity contribution in [2.75, 3.05) is 19.0 Å². The molecule has 3 aliphatic rings. The predicted molar refractivity (Wildman–Crippen MR) is 112 cm³/mol. The van der Waals surface area contributed by atoms with E-state index in [2.05, 4.69) is 10.6 Å². The van der Waals surface area contributed by atoms with Crippen molar-refractivity contribution in [2.45, 2.75) is 76.4 Å². The van der Waals surface area contributed by atoms with Crippen LogP contribution in [0.2, 0.25) is 0 Å². The lowest BCUT2D eigenvalue weighted by molar-refractivity contribution is -0.231. The third-order valence-corrected chi connectivity index (χ3v) is 5.44. The van der Waals surface area contributed by atoms with Gasteiger partial charge in [0.15, 0.2) is 24.0 Å². The molecule has 10 heteroatoms. The fourth-order valence-corrected chi connectivity index (χ4v) is 4.12. The smallest absolute Gasteiger partial charge is 0.252 e. The number of fused-ring (bicyclic) bond motifs is 3. The first-order valence-electron chi connectivity index (χ1n) is 10.7. The summed E-state index contributed by atoms with van der Waals surface area (Å²) in [5.74, 6) is -1.68. The molecule has 3 fully saturated rings. The van der Waals surface area contributed by atoms with Crippen LogP contribution in [0.5, 0.6) is 5.75 Å². The van der Waals surface area contributed by atoms with Crippen LogP contribution in [0.15, 0.2) is 24.3 Å². The molecule has 3 saturated heterocycles. The number of carbonyl (C=O) groups is 2. The first-order valence-corrected chi connectivity index (χ1v) is 10.7. The van der Waals surface area contributed by atoms with E-state index in [1.165, 1.54) is 0 Å². The van der Waals surface area contributed by atoms with Crippen LogP contribution in [0.25, 0.3) is 0 Å². The number of carbonyl (C=O) groups excluding carboxylic acids is 2. The largest absolute Gasteiger partial charge is 0.497 e. The third-order valence-electron chi connectivity index (χ3n) is 5.44. The Bertz CT molecular complexity index is 856. The summed E-state index contributed by atoms with van der Waals surface area (Å²) in [6.45, 7) is 7.25. The van der Waals surface area contributed by atoms with E-state index in [1.807, 2.05) is 0 Å². The summed E-state index contributed by atoms with van der Waals surface area (Å²) in [5.41, 5.74) is 0.645. The highest BCUT2D eigenvalue weighted by Gasteiger charge is 2.62. The molecule has 5 atom stereocenters. The molecule has 3 aliphatic heterocycles. The third kappa shape index (κ3) is 4.89. The monoisotopic (exact) mass is 450 g/mol. The van der Waals surface area contributed by atoms with Crippen LogP contribution >= 0.6 is 0 Å². The van der Waals surface area contributed by atoms with Crippen molar-refractivity contribution in [1.29, 1.82) is 0 Å². The van der Waals surface area contributed by atoms with E-state index in [9.17, 15) is 9.59 Å². The Morgan fingerprint density at radius 2 is 1.56 bits per heavy atom. The Labute approximate surface area is 186 Å². The van der Waals surface area contributed by atoms with E-state index < -0.39 is 48.2 Å². The van der Waals surface area contributed by atoms with Crippen molar-refractivity contribution in [3.05, 3.63) is 24.3 Å². The van der Waals surface area contributed by atoms with Gasteiger partial charge >= 0.3 is 0 Å². The van der Waals surface area contributed by atoms with Crippen molar-refractivity contribution < 1.29 is 38.0 Å². The van der Waals surface area contributed by atoms with E-state index in [0.29, 0.717) is 11.4 Å². The molecular weight excluding hydrogens is 420 g/mol. The van der Waals surface area contributed by atoms with E-state index in [0.717, 1.165) is 0 Å². The van der Waals surface area contributed by atoms with Crippen molar-refractivity contribution >= 4 is 17.5 Å². The van der Waals surface area contributed by atoms with Crippen LogP contribution < -0.4 is 15.4 Å². The molecule has 2 N–H and O–H groups in total. The topological polar surface area (TPSA) is 114 Å². The Morgan fingerprint density at radius 3 is 2.25 bits per heavy atom. The molecule has 32 heavy (non-hydrogen) atoms. The van der Waals surface area contributed by atoms with Gasteiger partial charge in [-0.15, -0.1) is 0 Å². The number of nitrogens with one attached hydrogen (secondary N) is 2. The summed E-state index contributed by atoms with van der Waals surface area (Å²) in [7, 11) is 1.57. The van der Waals surface area contributed by atoms with Gasteiger partial charge in [0.2, 0.25) is 5.91 Å². The predicted octanol–water partition coefficient (Wildman–Crippen LogP) is 1.54. The average Bonchev–Trinajstić information content (AvgIpc) is 3.21. The Morgan fingerprint density at radius 1 is 0.938 bits per heavy atom. The summed E-state index contributed by atoms with van der Waals surface area (Å²) >= 11 is 0. The molecular formula is C22H30N2O8. The van der Waals surface area contributed by atoms with Gasteiger partial charge in [0.05, 0.1) is 7.11 Å². The molecule has 0 bridgehead atoms. The summed E-state index contributed by atoms with van der Waals surface area (Å²) in [6.07, 6.45) is -3.28. The first-order chi connectivity index (χ1) is 15.1. The average molecular weight is 450 g/mol. The number of amides is 2. The maximum atomic E-state index is 12.9. The fraction of sp³-hybridized carbons (Fsp3) is 0.636. The van der Waals surface area contributed by atoms with Gasteiger partial charge < -0.3 is 39.1 Å². The quantitative estimate of drug-likeness (QED) is 0.671. The molecule has 0 aliphatic carbocycles. The zero-order valence-corrected chi connectivity index (χ0v) is 18.9. The van der Waals surface area contributed by atoms with Gasteiger partial charge in [-0.1, -0.05) is 0 Å².